The zero-order valence-electron chi connectivity index (χ0n) is 15.1. The van der Waals surface area contributed by atoms with E-state index in [2.05, 4.69) is 20.9 Å². The van der Waals surface area contributed by atoms with Gasteiger partial charge in [0.2, 0.25) is 5.91 Å². The third kappa shape index (κ3) is 7.31. The number of aliphatic imine (C=N–C) groups is 1. The van der Waals surface area contributed by atoms with Crippen molar-refractivity contribution in [2.24, 2.45) is 4.99 Å². The molecular formula is C17H30N4O2S. The van der Waals surface area contributed by atoms with Crippen LogP contribution in [-0.2, 0) is 10.4 Å². The molecule has 6 nitrogen and oxygen atoms in total. The van der Waals surface area contributed by atoms with Gasteiger partial charge in [-0.3, -0.25) is 4.79 Å². The van der Waals surface area contributed by atoms with Crippen LogP contribution in [0.3, 0.4) is 0 Å². The number of rotatable bonds is 9. The summed E-state index contributed by atoms with van der Waals surface area (Å²) in [5.74, 6) is 0.629. The van der Waals surface area contributed by atoms with Gasteiger partial charge in [-0.25, -0.2) is 4.99 Å². The van der Waals surface area contributed by atoms with Crippen molar-refractivity contribution in [3.05, 3.63) is 22.4 Å². The van der Waals surface area contributed by atoms with Crippen LogP contribution in [0.2, 0.25) is 0 Å². The zero-order chi connectivity index (χ0) is 18.0. The second-order valence-electron chi connectivity index (χ2n) is 6.00. The number of guanidine groups is 1. The van der Waals surface area contributed by atoms with E-state index in [0.717, 1.165) is 11.3 Å². The average Bonchev–Trinajstić information content (AvgIpc) is 3.07. The highest BCUT2D eigenvalue weighted by molar-refractivity contribution is 7.10. The van der Waals surface area contributed by atoms with Gasteiger partial charge in [-0.1, -0.05) is 13.0 Å². The van der Waals surface area contributed by atoms with E-state index in [-0.39, 0.29) is 18.5 Å². The quantitative estimate of drug-likeness (QED) is 0.402. The number of amides is 1. The maximum Gasteiger partial charge on any atom is 0.221 e. The predicted octanol–water partition coefficient (Wildman–Crippen LogP) is 1.82. The van der Waals surface area contributed by atoms with Crippen LogP contribution in [0.5, 0.6) is 0 Å². The Morgan fingerprint density at radius 3 is 2.75 bits per heavy atom. The van der Waals surface area contributed by atoms with Crippen molar-refractivity contribution in [1.29, 1.82) is 0 Å². The molecule has 4 N–H and O–H groups in total. The molecule has 0 aliphatic carbocycles. The Balaban J connectivity index is 2.49. The summed E-state index contributed by atoms with van der Waals surface area (Å²) in [5, 5.41) is 21.6. The first kappa shape index (κ1) is 20.4. The topological polar surface area (TPSA) is 85.8 Å². The molecule has 136 valence electrons. The molecule has 1 heterocycles. The van der Waals surface area contributed by atoms with Gasteiger partial charge in [0.25, 0.3) is 0 Å². The van der Waals surface area contributed by atoms with Gasteiger partial charge in [-0.05, 0) is 38.6 Å². The summed E-state index contributed by atoms with van der Waals surface area (Å²) in [6, 6.07) is 4.01. The number of carbonyl (C=O) groups excluding carboxylic acids is 1. The molecule has 1 aromatic rings. The Morgan fingerprint density at radius 1 is 1.42 bits per heavy atom. The Kier molecular flexibility index (Phi) is 8.78. The molecule has 7 heteroatoms. The summed E-state index contributed by atoms with van der Waals surface area (Å²) in [4.78, 5) is 17.1. The molecule has 2 unspecified atom stereocenters. The summed E-state index contributed by atoms with van der Waals surface area (Å²) in [7, 11) is 0. The zero-order valence-corrected chi connectivity index (χ0v) is 15.9. The van der Waals surface area contributed by atoms with Gasteiger partial charge in [0.05, 0.1) is 6.54 Å². The van der Waals surface area contributed by atoms with Gasteiger partial charge in [0, 0.05) is 30.4 Å². The van der Waals surface area contributed by atoms with Crippen molar-refractivity contribution in [3.8, 4) is 0 Å². The van der Waals surface area contributed by atoms with Crippen LogP contribution in [0, 0.1) is 0 Å². The van der Waals surface area contributed by atoms with Gasteiger partial charge >= 0.3 is 0 Å². The minimum Gasteiger partial charge on any atom is -0.383 e. The summed E-state index contributed by atoms with van der Waals surface area (Å²) < 4.78 is 0. The van der Waals surface area contributed by atoms with Gasteiger partial charge < -0.3 is 21.1 Å². The van der Waals surface area contributed by atoms with Crippen molar-refractivity contribution in [1.82, 2.24) is 16.0 Å². The fourth-order valence-corrected chi connectivity index (χ4v) is 2.76. The van der Waals surface area contributed by atoms with Crippen LogP contribution in [-0.4, -0.2) is 42.6 Å². The third-order valence-electron chi connectivity index (χ3n) is 3.61. The molecule has 1 aromatic heterocycles. The Labute approximate surface area is 148 Å². The van der Waals surface area contributed by atoms with Crippen LogP contribution in [0.15, 0.2) is 22.5 Å². The molecule has 0 spiro atoms. The lowest BCUT2D eigenvalue weighted by Crippen LogP contribution is -2.41. The molecule has 0 bridgehead atoms. The molecule has 1 amide bonds. The summed E-state index contributed by atoms with van der Waals surface area (Å²) in [6.07, 6.45) is 1.30. The van der Waals surface area contributed by atoms with E-state index in [1.807, 2.05) is 38.3 Å². The average molecular weight is 355 g/mol. The largest absolute Gasteiger partial charge is 0.383 e. The van der Waals surface area contributed by atoms with Gasteiger partial charge in [-0.15, -0.1) is 11.3 Å². The molecule has 0 saturated carbocycles. The van der Waals surface area contributed by atoms with Crippen molar-refractivity contribution >= 4 is 23.2 Å². The molecule has 0 radical (unpaired) electrons. The van der Waals surface area contributed by atoms with Crippen LogP contribution in [0.4, 0.5) is 0 Å². The van der Waals surface area contributed by atoms with Crippen molar-refractivity contribution in [3.63, 3.8) is 0 Å². The van der Waals surface area contributed by atoms with E-state index in [9.17, 15) is 9.90 Å². The molecule has 0 aromatic carbocycles. The van der Waals surface area contributed by atoms with Gasteiger partial charge in [0.15, 0.2) is 5.96 Å². The molecule has 0 aliphatic heterocycles. The number of hydrogen-bond donors (Lipinski definition) is 4. The monoisotopic (exact) mass is 354 g/mol. The molecule has 0 saturated heterocycles. The number of nitrogens with zero attached hydrogens (tertiary/aromatic N) is 1. The summed E-state index contributed by atoms with van der Waals surface area (Å²) in [5.41, 5.74) is -0.996. The van der Waals surface area contributed by atoms with Crippen LogP contribution in [0.25, 0.3) is 0 Å². The number of hydrogen-bond acceptors (Lipinski definition) is 4. The number of thiophene rings is 1. The van der Waals surface area contributed by atoms with Gasteiger partial charge in [0.1, 0.15) is 5.60 Å². The highest BCUT2D eigenvalue weighted by Crippen LogP contribution is 2.25. The molecular weight excluding hydrogens is 324 g/mol. The normalized spacial score (nSPS) is 15.5. The first-order valence-corrected chi connectivity index (χ1v) is 9.35. The third-order valence-corrected chi connectivity index (χ3v) is 4.73. The molecule has 2 atom stereocenters. The smallest absolute Gasteiger partial charge is 0.221 e. The molecule has 1 rings (SSSR count). The highest BCUT2D eigenvalue weighted by Gasteiger charge is 2.23. The summed E-state index contributed by atoms with van der Waals surface area (Å²) >= 11 is 1.51. The molecule has 0 fully saturated rings. The lowest BCUT2D eigenvalue weighted by molar-refractivity contribution is -0.121. The van der Waals surface area contributed by atoms with E-state index in [0.29, 0.717) is 25.5 Å². The van der Waals surface area contributed by atoms with E-state index < -0.39 is 5.60 Å². The Bertz CT molecular complexity index is 515. The standard InChI is InChI=1S/C17H30N4O2S/c1-5-13(3)21-15(22)9-10-19-16(18-6-2)20-12-17(4,23)14-8-7-11-24-14/h7-8,11,13,23H,5-6,9-10,12H2,1-4H3,(H,21,22)(H2,18,19,20). The highest BCUT2D eigenvalue weighted by atomic mass is 32.1. The van der Waals surface area contributed by atoms with Crippen LogP contribution >= 0.6 is 11.3 Å². The molecule has 0 aliphatic rings. The van der Waals surface area contributed by atoms with Crippen LogP contribution < -0.4 is 16.0 Å². The van der Waals surface area contributed by atoms with Gasteiger partial charge in [-0.2, -0.15) is 0 Å². The first-order valence-electron chi connectivity index (χ1n) is 8.47. The maximum absolute atomic E-state index is 11.8. The predicted molar refractivity (Wildman–Crippen MR) is 100 cm³/mol. The number of carbonyl (C=O) groups is 1. The second kappa shape index (κ2) is 10.3. The number of nitrogens with one attached hydrogen (secondary N) is 3. The van der Waals surface area contributed by atoms with Crippen molar-refractivity contribution in [2.75, 3.05) is 19.6 Å². The lowest BCUT2D eigenvalue weighted by atomic mass is 10.1. The fourth-order valence-electron chi connectivity index (χ4n) is 1.98. The minimum absolute atomic E-state index is 0.0262. The Morgan fingerprint density at radius 2 is 2.17 bits per heavy atom. The van der Waals surface area contributed by atoms with Crippen molar-refractivity contribution in [2.45, 2.75) is 52.2 Å². The Hall–Kier alpha value is -1.60. The van der Waals surface area contributed by atoms with E-state index in [4.69, 9.17) is 0 Å². The van der Waals surface area contributed by atoms with E-state index in [1.54, 1.807) is 6.92 Å². The first-order chi connectivity index (χ1) is 11.4. The lowest BCUT2D eigenvalue weighted by Gasteiger charge is -2.20. The second-order valence-corrected chi connectivity index (χ2v) is 6.95. The fraction of sp³-hybridized carbons (Fsp3) is 0.647. The SMILES string of the molecule is CCNC(=NCC(C)(O)c1cccs1)NCCC(=O)NC(C)CC. The van der Waals surface area contributed by atoms with E-state index >= 15 is 0 Å². The van der Waals surface area contributed by atoms with Crippen LogP contribution in [0.1, 0.15) is 45.4 Å². The molecule has 24 heavy (non-hydrogen) atoms. The number of aliphatic hydroxyl groups is 1. The van der Waals surface area contributed by atoms with E-state index in [1.165, 1.54) is 11.3 Å². The summed E-state index contributed by atoms with van der Waals surface area (Å²) in [6.45, 7) is 9.22. The van der Waals surface area contributed by atoms with Crippen molar-refractivity contribution < 1.29 is 9.90 Å². The minimum atomic E-state index is -0.996. The maximum atomic E-state index is 11.8.